The lowest BCUT2D eigenvalue weighted by atomic mass is 9.97. The van der Waals surface area contributed by atoms with Crippen molar-refractivity contribution in [2.24, 2.45) is 7.05 Å². The fraction of sp³-hybridized carbons (Fsp3) is 0.846. The van der Waals surface area contributed by atoms with Gasteiger partial charge in [0.25, 0.3) is 0 Å². The van der Waals surface area contributed by atoms with Crippen LogP contribution in [0.5, 0.6) is 0 Å². The average Bonchev–Trinajstić information content (AvgIpc) is 2.85. The van der Waals surface area contributed by atoms with E-state index in [1.165, 1.54) is 32.7 Å². The molecule has 106 valence electrons. The second-order valence-electron chi connectivity index (χ2n) is 5.57. The summed E-state index contributed by atoms with van der Waals surface area (Å²) in [6, 6.07) is 1.08. The molecule has 3 aliphatic rings. The first-order valence-corrected chi connectivity index (χ1v) is 7.30. The lowest BCUT2D eigenvalue weighted by molar-refractivity contribution is -0.00327. The number of aromatic nitrogens is 3. The van der Waals surface area contributed by atoms with Crippen LogP contribution in [0.4, 0.5) is 0 Å². The Balaban J connectivity index is 1.72. The Morgan fingerprint density at radius 2 is 2.16 bits per heavy atom. The van der Waals surface area contributed by atoms with Crippen LogP contribution in [-0.4, -0.2) is 75.9 Å². The number of nitrogens with one attached hydrogen (secondary N) is 1. The Bertz CT molecular complexity index is 409. The summed E-state index contributed by atoms with van der Waals surface area (Å²) in [4.78, 5) is 9.61. The van der Waals surface area contributed by atoms with E-state index in [2.05, 4.69) is 32.1 Å². The number of hydrogen-bond acceptors (Lipinski definition) is 5. The maximum atomic E-state index is 4.37. The van der Waals surface area contributed by atoms with Gasteiger partial charge in [0.05, 0.1) is 0 Å². The number of fused-ring (bicyclic) bond motifs is 3. The molecule has 4 heterocycles. The summed E-state index contributed by atoms with van der Waals surface area (Å²) < 4.78 is 1.89. The highest BCUT2D eigenvalue weighted by Crippen LogP contribution is 2.19. The minimum Gasteiger partial charge on any atom is -0.312 e. The van der Waals surface area contributed by atoms with Crippen molar-refractivity contribution in [2.75, 3.05) is 39.3 Å². The summed E-state index contributed by atoms with van der Waals surface area (Å²) in [5.74, 6) is 1.07. The van der Waals surface area contributed by atoms with Crippen LogP contribution in [0.2, 0.25) is 0 Å². The van der Waals surface area contributed by atoms with E-state index in [4.69, 9.17) is 0 Å². The maximum absolute atomic E-state index is 4.37. The molecule has 2 atom stereocenters. The third-order valence-electron chi connectivity index (χ3n) is 4.46. The summed E-state index contributed by atoms with van der Waals surface area (Å²) in [5, 5.41) is 7.83. The molecule has 2 unspecified atom stereocenters. The average molecular weight is 264 g/mol. The molecule has 0 aliphatic carbocycles. The lowest BCUT2D eigenvalue weighted by Gasteiger charge is -2.50. The van der Waals surface area contributed by atoms with Gasteiger partial charge in [0.2, 0.25) is 0 Å². The zero-order chi connectivity index (χ0) is 13.2. The molecule has 0 spiro atoms. The minimum absolute atomic E-state index is 0.469. The topological polar surface area (TPSA) is 49.2 Å². The Morgan fingerprint density at radius 3 is 2.68 bits per heavy atom. The number of hydrogen-bond donors (Lipinski definition) is 1. The van der Waals surface area contributed by atoms with E-state index in [0.29, 0.717) is 12.1 Å². The number of aryl methyl sites for hydroxylation is 1. The summed E-state index contributed by atoms with van der Waals surface area (Å²) in [7, 11) is 1.97. The summed E-state index contributed by atoms with van der Waals surface area (Å²) >= 11 is 0. The molecule has 3 saturated heterocycles. The maximum Gasteiger partial charge on any atom is 0.138 e. The van der Waals surface area contributed by atoms with Crippen molar-refractivity contribution < 1.29 is 0 Å². The normalized spacial score (nSPS) is 31.6. The molecule has 0 saturated carbocycles. The first kappa shape index (κ1) is 13.0. The molecule has 3 aliphatic heterocycles. The summed E-state index contributed by atoms with van der Waals surface area (Å²) in [6.07, 6.45) is 2.61. The molecule has 1 N–H and O–H groups in total. The van der Waals surface area contributed by atoms with Crippen molar-refractivity contribution >= 4 is 0 Å². The van der Waals surface area contributed by atoms with Crippen molar-refractivity contribution in [2.45, 2.75) is 25.4 Å². The first-order chi connectivity index (χ1) is 9.28. The molecule has 0 aromatic carbocycles. The molecule has 6 nitrogen and oxygen atoms in total. The number of piperazine rings is 3. The van der Waals surface area contributed by atoms with E-state index in [9.17, 15) is 0 Å². The van der Waals surface area contributed by atoms with Crippen LogP contribution in [0, 0.1) is 0 Å². The van der Waals surface area contributed by atoms with Crippen molar-refractivity contribution in [1.82, 2.24) is 29.9 Å². The molecule has 0 amide bonds. The van der Waals surface area contributed by atoms with Crippen LogP contribution in [0.1, 0.15) is 12.7 Å². The van der Waals surface area contributed by atoms with Gasteiger partial charge in [-0.2, -0.15) is 5.10 Å². The number of likely N-dealkylation sites (N-methyl/N-ethyl adjacent to an activating group) is 1. The Morgan fingerprint density at radius 1 is 1.37 bits per heavy atom. The molecule has 3 fully saturated rings. The second kappa shape index (κ2) is 5.56. The van der Waals surface area contributed by atoms with Gasteiger partial charge in [0.15, 0.2) is 0 Å². The van der Waals surface area contributed by atoms with Gasteiger partial charge in [0, 0.05) is 58.3 Å². The van der Waals surface area contributed by atoms with E-state index in [1.807, 2.05) is 11.7 Å². The molecule has 0 radical (unpaired) electrons. The minimum atomic E-state index is 0.469. The first-order valence-electron chi connectivity index (χ1n) is 7.30. The van der Waals surface area contributed by atoms with Crippen LogP contribution >= 0.6 is 0 Å². The van der Waals surface area contributed by atoms with Gasteiger partial charge in [-0.3, -0.25) is 14.5 Å². The van der Waals surface area contributed by atoms with Gasteiger partial charge in [-0.1, -0.05) is 6.92 Å². The van der Waals surface area contributed by atoms with Crippen molar-refractivity contribution in [3.8, 4) is 0 Å². The second-order valence-corrected chi connectivity index (χ2v) is 5.57. The molecule has 6 heteroatoms. The van der Waals surface area contributed by atoms with Gasteiger partial charge >= 0.3 is 0 Å². The largest absolute Gasteiger partial charge is 0.312 e. The highest BCUT2D eigenvalue weighted by Gasteiger charge is 2.36. The molecule has 19 heavy (non-hydrogen) atoms. The van der Waals surface area contributed by atoms with E-state index in [-0.39, 0.29) is 0 Å². The third kappa shape index (κ3) is 2.66. The molecule has 1 aromatic rings. The van der Waals surface area contributed by atoms with Crippen LogP contribution in [0.15, 0.2) is 6.33 Å². The number of rotatable bonds is 5. The Labute approximate surface area is 114 Å². The van der Waals surface area contributed by atoms with Gasteiger partial charge in [-0.05, 0) is 6.54 Å². The van der Waals surface area contributed by atoms with E-state index >= 15 is 0 Å². The predicted octanol–water partition coefficient (Wildman–Crippen LogP) is -0.664. The highest BCUT2D eigenvalue weighted by atomic mass is 15.4. The van der Waals surface area contributed by atoms with Crippen molar-refractivity contribution in [3.63, 3.8) is 0 Å². The van der Waals surface area contributed by atoms with Crippen LogP contribution < -0.4 is 5.32 Å². The molecular weight excluding hydrogens is 240 g/mol. The van der Waals surface area contributed by atoms with E-state index in [0.717, 1.165) is 18.8 Å². The zero-order valence-electron chi connectivity index (χ0n) is 11.9. The fourth-order valence-corrected chi connectivity index (χ4v) is 3.35. The molecule has 4 rings (SSSR count). The van der Waals surface area contributed by atoms with E-state index in [1.54, 1.807) is 6.33 Å². The van der Waals surface area contributed by atoms with Gasteiger partial charge in [-0.15, -0.1) is 0 Å². The summed E-state index contributed by atoms with van der Waals surface area (Å²) in [6.45, 7) is 9.28. The predicted molar refractivity (Wildman–Crippen MR) is 74.0 cm³/mol. The number of nitrogens with zero attached hydrogens (tertiary/aromatic N) is 5. The Kier molecular flexibility index (Phi) is 3.81. The smallest absolute Gasteiger partial charge is 0.138 e. The lowest BCUT2D eigenvalue weighted by Crippen LogP contribution is -2.66. The van der Waals surface area contributed by atoms with Crippen LogP contribution in [0.25, 0.3) is 0 Å². The highest BCUT2D eigenvalue weighted by molar-refractivity contribution is 4.99. The van der Waals surface area contributed by atoms with Gasteiger partial charge < -0.3 is 5.32 Å². The van der Waals surface area contributed by atoms with E-state index < -0.39 is 0 Å². The van der Waals surface area contributed by atoms with Crippen molar-refractivity contribution in [1.29, 1.82) is 0 Å². The molecule has 2 bridgehead atoms. The Hall–Kier alpha value is -0.980. The SMILES string of the molecule is CCNC(Cc1ncnn1C)C1CN2CCN1CC2. The fourth-order valence-electron chi connectivity index (χ4n) is 3.35. The standard InChI is InChI=1S/C13H24N6/c1-3-14-11(8-13-15-10-16-17(13)2)12-9-18-4-6-19(12)7-5-18/h10-12,14H,3-9H2,1-2H3. The molecular formula is C13H24N6. The van der Waals surface area contributed by atoms with Crippen LogP contribution in [-0.2, 0) is 13.5 Å². The quantitative estimate of drug-likeness (QED) is 0.765. The van der Waals surface area contributed by atoms with Crippen molar-refractivity contribution in [3.05, 3.63) is 12.2 Å². The van der Waals surface area contributed by atoms with Gasteiger partial charge in [-0.25, -0.2) is 4.98 Å². The monoisotopic (exact) mass is 264 g/mol. The van der Waals surface area contributed by atoms with Crippen LogP contribution in [0.3, 0.4) is 0 Å². The third-order valence-corrected chi connectivity index (χ3v) is 4.46. The summed E-state index contributed by atoms with van der Waals surface area (Å²) in [5.41, 5.74) is 0. The van der Waals surface area contributed by atoms with Gasteiger partial charge in [0.1, 0.15) is 12.2 Å². The zero-order valence-corrected chi connectivity index (χ0v) is 11.9. The molecule has 1 aromatic heterocycles.